The highest BCUT2D eigenvalue weighted by Crippen LogP contribution is 2.38. The van der Waals surface area contributed by atoms with E-state index in [9.17, 15) is 5.26 Å². The Bertz CT molecular complexity index is 720. The Morgan fingerprint density at radius 2 is 1.78 bits per heavy atom. The summed E-state index contributed by atoms with van der Waals surface area (Å²) in [5.74, 6) is 1.49. The van der Waals surface area contributed by atoms with Crippen LogP contribution in [0.5, 0.6) is 11.5 Å². The minimum atomic E-state index is 0.402. The number of para-hydroxylation sites is 1. The molecule has 0 bridgehead atoms. The van der Waals surface area contributed by atoms with Crippen LogP contribution in [-0.4, -0.2) is 0 Å². The zero-order chi connectivity index (χ0) is 12.5. The number of ether oxygens (including phenoxy) is 1. The molecule has 2 aromatic rings. The summed E-state index contributed by atoms with van der Waals surface area (Å²) in [4.78, 5) is 0. The highest BCUT2D eigenvalue weighted by atomic mass is 16.5. The van der Waals surface area contributed by atoms with Gasteiger partial charge in [-0.25, -0.2) is 0 Å². The molecular weight excluding hydrogens is 224 g/mol. The normalized spacial score (nSPS) is 11.4. The molecule has 0 atom stereocenters. The van der Waals surface area contributed by atoms with Crippen LogP contribution in [0.15, 0.2) is 36.4 Å². The summed E-state index contributed by atoms with van der Waals surface area (Å²) in [5, 5.41) is 18.2. The molecule has 1 heterocycles. The van der Waals surface area contributed by atoms with E-state index in [4.69, 9.17) is 10.00 Å². The summed E-state index contributed by atoms with van der Waals surface area (Å²) >= 11 is 0. The van der Waals surface area contributed by atoms with Gasteiger partial charge in [0.15, 0.2) is 0 Å². The first-order chi connectivity index (χ1) is 8.83. The summed E-state index contributed by atoms with van der Waals surface area (Å²) in [5.41, 5.74) is 2.66. The van der Waals surface area contributed by atoms with E-state index < -0.39 is 0 Å². The lowest BCUT2D eigenvalue weighted by molar-refractivity contribution is 0.459. The smallest absolute Gasteiger partial charge is 0.132 e. The maximum absolute atomic E-state index is 9.20. The van der Waals surface area contributed by atoms with Gasteiger partial charge in [-0.2, -0.15) is 10.5 Å². The van der Waals surface area contributed by atoms with E-state index in [0.717, 1.165) is 16.9 Å². The standard InChI is InChI=1S/C15H8N2O/c16-8-11-5-6-15-12(13(11)9-17)7-10-3-1-2-4-14(10)18-15/h1-6H,7H2. The van der Waals surface area contributed by atoms with Crippen LogP contribution in [-0.2, 0) is 6.42 Å². The molecule has 3 heteroatoms. The van der Waals surface area contributed by atoms with Gasteiger partial charge in [-0.3, -0.25) is 0 Å². The van der Waals surface area contributed by atoms with Crippen molar-refractivity contribution >= 4 is 0 Å². The first kappa shape index (κ1) is 10.4. The summed E-state index contributed by atoms with van der Waals surface area (Å²) in [7, 11) is 0. The van der Waals surface area contributed by atoms with Gasteiger partial charge in [0.25, 0.3) is 0 Å². The molecule has 1 aliphatic rings. The third kappa shape index (κ3) is 1.43. The second kappa shape index (κ2) is 3.91. The van der Waals surface area contributed by atoms with Gasteiger partial charge in [0, 0.05) is 12.0 Å². The first-order valence-electron chi connectivity index (χ1n) is 5.55. The number of hydrogen-bond acceptors (Lipinski definition) is 3. The maximum atomic E-state index is 9.20. The number of nitrogens with zero attached hydrogens (tertiary/aromatic N) is 2. The first-order valence-corrected chi connectivity index (χ1v) is 5.55. The molecule has 0 aromatic heterocycles. The summed E-state index contributed by atoms with van der Waals surface area (Å²) < 4.78 is 5.76. The van der Waals surface area contributed by atoms with Crippen molar-refractivity contribution in [1.82, 2.24) is 0 Å². The van der Waals surface area contributed by atoms with Crippen LogP contribution in [0.2, 0.25) is 0 Å². The number of fused-ring (bicyclic) bond motifs is 2. The molecule has 3 nitrogen and oxygen atoms in total. The van der Waals surface area contributed by atoms with Crippen molar-refractivity contribution in [1.29, 1.82) is 10.5 Å². The fraction of sp³-hybridized carbons (Fsp3) is 0.0667. The summed E-state index contributed by atoms with van der Waals surface area (Å²) in [6.07, 6.45) is 0.629. The Morgan fingerprint density at radius 3 is 2.56 bits per heavy atom. The molecule has 0 unspecified atom stereocenters. The fourth-order valence-corrected chi connectivity index (χ4v) is 2.18. The van der Waals surface area contributed by atoms with Gasteiger partial charge in [-0.05, 0) is 23.8 Å². The molecule has 0 radical (unpaired) electrons. The minimum Gasteiger partial charge on any atom is -0.457 e. The van der Waals surface area contributed by atoms with Crippen LogP contribution in [0, 0.1) is 22.7 Å². The Hall–Kier alpha value is -2.78. The largest absolute Gasteiger partial charge is 0.457 e. The number of benzene rings is 2. The van der Waals surface area contributed by atoms with Crippen molar-refractivity contribution in [3.8, 4) is 23.6 Å². The van der Waals surface area contributed by atoms with E-state index >= 15 is 0 Å². The molecular formula is C15H8N2O. The van der Waals surface area contributed by atoms with Crippen molar-refractivity contribution in [2.45, 2.75) is 6.42 Å². The van der Waals surface area contributed by atoms with Gasteiger partial charge in [0.2, 0.25) is 0 Å². The average molecular weight is 232 g/mol. The Morgan fingerprint density at radius 1 is 0.944 bits per heavy atom. The molecule has 0 saturated heterocycles. The number of rotatable bonds is 0. The SMILES string of the molecule is N#Cc1ccc2c(c1C#N)Cc1ccccc1O2. The van der Waals surface area contributed by atoms with Gasteiger partial charge < -0.3 is 4.74 Å². The predicted molar refractivity (Wildman–Crippen MR) is 65.2 cm³/mol. The lowest BCUT2D eigenvalue weighted by Gasteiger charge is -2.21. The van der Waals surface area contributed by atoms with E-state index in [-0.39, 0.29) is 0 Å². The summed E-state index contributed by atoms with van der Waals surface area (Å²) in [6.45, 7) is 0. The Labute approximate surface area is 104 Å². The van der Waals surface area contributed by atoms with Gasteiger partial charge in [0.05, 0.1) is 11.1 Å². The summed E-state index contributed by atoms with van der Waals surface area (Å²) in [6, 6.07) is 15.3. The third-order valence-electron chi connectivity index (χ3n) is 3.06. The molecule has 0 spiro atoms. The molecule has 1 aliphatic heterocycles. The van der Waals surface area contributed by atoms with E-state index in [0.29, 0.717) is 23.3 Å². The molecule has 18 heavy (non-hydrogen) atoms. The van der Waals surface area contributed by atoms with Gasteiger partial charge in [-0.1, -0.05) is 18.2 Å². The van der Waals surface area contributed by atoms with Gasteiger partial charge >= 0.3 is 0 Å². The lowest BCUT2D eigenvalue weighted by atomic mass is 9.93. The number of hydrogen-bond donors (Lipinski definition) is 0. The third-order valence-corrected chi connectivity index (χ3v) is 3.06. The minimum absolute atomic E-state index is 0.402. The Kier molecular flexibility index (Phi) is 2.25. The highest BCUT2D eigenvalue weighted by molar-refractivity contribution is 5.60. The highest BCUT2D eigenvalue weighted by Gasteiger charge is 2.21. The van der Waals surface area contributed by atoms with Crippen molar-refractivity contribution in [2.24, 2.45) is 0 Å². The molecule has 2 aromatic carbocycles. The molecule has 0 N–H and O–H groups in total. The van der Waals surface area contributed by atoms with Crippen LogP contribution < -0.4 is 4.74 Å². The monoisotopic (exact) mass is 232 g/mol. The van der Waals surface area contributed by atoms with E-state index in [1.807, 2.05) is 30.3 Å². The Balaban J connectivity index is 2.20. The van der Waals surface area contributed by atoms with E-state index in [1.54, 1.807) is 12.1 Å². The maximum Gasteiger partial charge on any atom is 0.132 e. The molecule has 0 amide bonds. The molecule has 0 saturated carbocycles. The van der Waals surface area contributed by atoms with E-state index in [2.05, 4.69) is 6.07 Å². The zero-order valence-electron chi connectivity index (χ0n) is 9.47. The van der Waals surface area contributed by atoms with Crippen molar-refractivity contribution in [2.75, 3.05) is 0 Å². The molecule has 84 valence electrons. The molecule has 3 rings (SSSR count). The number of nitriles is 2. The quantitative estimate of drug-likeness (QED) is 0.598. The fourth-order valence-electron chi connectivity index (χ4n) is 2.18. The van der Waals surface area contributed by atoms with Crippen molar-refractivity contribution in [3.05, 3.63) is 58.7 Å². The van der Waals surface area contributed by atoms with Crippen molar-refractivity contribution in [3.63, 3.8) is 0 Å². The van der Waals surface area contributed by atoms with Crippen LogP contribution in [0.25, 0.3) is 0 Å². The van der Waals surface area contributed by atoms with Crippen LogP contribution >= 0.6 is 0 Å². The van der Waals surface area contributed by atoms with Gasteiger partial charge in [0.1, 0.15) is 23.6 Å². The van der Waals surface area contributed by atoms with E-state index in [1.165, 1.54) is 0 Å². The molecule has 0 fully saturated rings. The predicted octanol–water partition coefficient (Wildman–Crippen LogP) is 3.13. The second-order valence-corrected chi connectivity index (χ2v) is 4.07. The van der Waals surface area contributed by atoms with Crippen LogP contribution in [0.1, 0.15) is 22.3 Å². The zero-order valence-corrected chi connectivity index (χ0v) is 9.47. The van der Waals surface area contributed by atoms with Gasteiger partial charge in [-0.15, -0.1) is 0 Å². The topological polar surface area (TPSA) is 56.8 Å². The average Bonchev–Trinajstić information content (AvgIpc) is 2.43. The van der Waals surface area contributed by atoms with Crippen LogP contribution in [0.3, 0.4) is 0 Å². The van der Waals surface area contributed by atoms with Crippen LogP contribution in [0.4, 0.5) is 0 Å². The van der Waals surface area contributed by atoms with Crippen molar-refractivity contribution < 1.29 is 4.74 Å². The molecule has 0 aliphatic carbocycles. The lowest BCUT2D eigenvalue weighted by Crippen LogP contribution is -2.06. The second-order valence-electron chi connectivity index (χ2n) is 4.07.